The average Bonchev–Trinajstić information content (AvgIpc) is 2.14. The quantitative estimate of drug-likeness (QED) is 0.517. The molecule has 0 aromatic carbocycles. The largest absolute Gasteiger partial charge is 0.0651 e. The van der Waals surface area contributed by atoms with Crippen LogP contribution in [0.4, 0.5) is 0 Å². The van der Waals surface area contributed by atoms with E-state index < -0.39 is 0 Å². The molecule has 4 unspecified atom stereocenters. The van der Waals surface area contributed by atoms with Gasteiger partial charge in [0, 0.05) is 0 Å². The van der Waals surface area contributed by atoms with Crippen LogP contribution >= 0.6 is 0 Å². The molecule has 1 rings (SSSR count). The molecule has 0 amide bonds. The Labute approximate surface area is 77.7 Å². The van der Waals surface area contributed by atoms with Crippen LogP contribution in [-0.4, -0.2) is 0 Å². The fourth-order valence-corrected chi connectivity index (χ4v) is 2.66. The molecule has 1 aliphatic rings. The van der Waals surface area contributed by atoms with Gasteiger partial charge in [-0.05, 0) is 36.5 Å². The minimum Gasteiger partial charge on any atom is -0.0651 e. The number of hydrogen-bond donors (Lipinski definition) is 0. The molecule has 0 N–H and O–H groups in total. The van der Waals surface area contributed by atoms with Gasteiger partial charge in [0.05, 0.1) is 0 Å². The Morgan fingerprint density at radius 2 is 1.58 bits per heavy atom. The van der Waals surface area contributed by atoms with E-state index in [9.17, 15) is 0 Å². The van der Waals surface area contributed by atoms with Crippen molar-refractivity contribution < 1.29 is 0 Å². The summed E-state index contributed by atoms with van der Waals surface area (Å²) in [5, 5.41) is 0. The Balaban J connectivity index is 2.53. The van der Waals surface area contributed by atoms with E-state index in [0.29, 0.717) is 0 Å². The highest BCUT2D eigenvalue weighted by atomic mass is 14.3. The Bertz CT molecular complexity index is 128. The minimum atomic E-state index is 0.955. The predicted molar refractivity (Wildman–Crippen MR) is 55.1 cm³/mol. The summed E-state index contributed by atoms with van der Waals surface area (Å²) in [7, 11) is 0. The summed E-state index contributed by atoms with van der Waals surface area (Å²) in [6, 6.07) is 0. The van der Waals surface area contributed by atoms with Crippen molar-refractivity contribution in [1.29, 1.82) is 0 Å². The van der Waals surface area contributed by atoms with E-state index in [1.54, 1.807) is 0 Å². The molecule has 0 aliphatic heterocycles. The molecule has 1 saturated carbocycles. The first-order chi connectivity index (χ1) is 5.65. The van der Waals surface area contributed by atoms with Crippen LogP contribution in [0, 0.1) is 23.7 Å². The fraction of sp³-hybridized carbons (Fsp3) is 1.00. The van der Waals surface area contributed by atoms with Crippen molar-refractivity contribution in [3.63, 3.8) is 0 Å². The van der Waals surface area contributed by atoms with Crippen molar-refractivity contribution in [3.05, 3.63) is 0 Å². The van der Waals surface area contributed by atoms with Crippen LogP contribution in [0.1, 0.15) is 53.4 Å². The van der Waals surface area contributed by atoms with E-state index in [1.165, 1.54) is 25.7 Å². The van der Waals surface area contributed by atoms with Gasteiger partial charge >= 0.3 is 0 Å². The molecule has 1 fully saturated rings. The lowest BCUT2D eigenvalue weighted by Crippen LogP contribution is -2.11. The summed E-state index contributed by atoms with van der Waals surface area (Å²) in [6.07, 6.45) is 5.79. The smallest absolute Gasteiger partial charge is 0.0391 e. The highest BCUT2D eigenvalue weighted by Gasteiger charge is 2.25. The van der Waals surface area contributed by atoms with Gasteiger partial charge in [-0.15, -0.1) is 0 Å². The Morgan fingerprint density at radius 3 is 2.17 bits per heavy atom. The fourth-order valence-electron chi connectivity index (χ4n) is 2.66. The molecule has 12 heavy (non-hydrogen) atoms. The van der Waals surface area contributed by atoms with Gasteiger partial charge in [-0.3, -0.25) is 0 Å². The van der Waals surface area contributed by atoms with Crippen molar-refractivity contribution in [2.45, 2.75) is 53.4 Å². The van der Waals surface area contributed by atoms with Crippen molar-refractivity contribution in [2.24, 2.45) is 23.7 Å². The Kier molecular flexibility index (Phi) is 3.61. The first kappa shape index (κ1) is 10.1. The van der Waals surface area contributed by atoms with Crippen LogP contribution in [-0.2, 0) is 0 Å². The molecular weight excluding hydrogens is 144 g/mol. The summed E-state index contributed by atoms with van der Waals surface area (Å²) in [6.45, 7) is 9.65. The maximum absolute atomic E-state index is 2.45. The highest BCUT2D eigenvalue weighted by Crippen LogP contribution is 2.36. The second kappa shape index (κ2) is 4.30. The molecule has 4 atom stereocenters. The molecule has 0 radical (unpaired) electrons. The molecule has 0 aromatic heterocycles. The zero-order valence-corrected chi connectivity index (χ0v) is 9.14. The maximum atomic E-state index is 2.45. The third-order valence-corrected chi connectivity index (χ3v) is 4.04. The van der Waals surface area contributed by atoms with Gasteiger partial charge in [-0.1, -0.05) is 40.5 Å². The highest BCUT2D eigenvalue weighted by molar-refractivity contribution is 4.76. The van der Waals surface area contributed by atoms with Gasteiger partial charge in [-0.2, -0.15) is 0 Å². The Hall–Kier alpha value is 0. The molecule has 0 bridgehead atoms. The molecule has 0 saturated heterocycles. The van der Waals surface area contributed by atoms with E-state index in [4.69, 9.17) is 0 Å². The topological polar surface area (TPSA) is 0 Å². The van der Waals surface area contributed by atoms with Crippen LogP contribution in [0.3, 0.4) is 0 Å². The van der Waals surface area contributed by atoms with E-state index in [0.717, 1.165) is 23.7 Å². The molecule has 0 nitrogen and oxygen atoms in total. The third kappa shape index (κ3) is 2.24. The second-order valence-electron chi connectivity index (χ2n) is 4.91. The minimum absolute atomic E-state index is 0.955. The summed E-state index contributed by atoms with van der Waals surface area (Å²) in [4.78, 5) is 0. The van der Waals surface area contributed by atoms with Gasteiger partial charge in [0.1, 0.15) is 0 Å². The number of hydrogen-bond acceptors (Lipinski definition) is 0. The van der Waals surface area contributed by atoms with E-state index in [2.05, 4.69) is 27.7 Å². The molecule has 0 heterocycles. The lowest BCUT2D eigenvalue weighted by Gasteiger charge is -2.20. The van der Waals surface area contributed by atoms with Crippen LogP contribution in [0.15, 0.2) is 0 Å². The molecule has 0 aromatic rings. The summed E-state index contributed by atoms with van der Waals surface area (Å²) in [5.41, 5.74) is 0. The average molecular weight is 168 g/mol. The molecule has 0 heteroatoms. The summed E-state index contributed by atoms with van der Waals surface area (Å²) < 4.78 is 0. The van der Waals surface area contributed by atoms with Crippen molar-refractivity contribution in [3.8, 4) is 0 Å². The maximum Gasteiger partial charge on any atom is -0.0391 e. The number of rotatable bonds is 1. The zero-order chi connectivity index (χ0) is 9.14. The van der Waals surface area contributed by atoms with E-state index >= 15 is 0 Å². The zero-order valence-electron chi connectivity index (χ0n) is 9.14. The lowest BCUT2D eigenvalue weighted by atomic mass is 9.85. The normalized spacial score (nSPS) is 44.0. The van der Waals surface area contributed by atoms with Gasteiger partial charge in [0.25, 0.3) is 0 Å². The SMILES string of the molecule is CCC1CCC(C)C(C)CC1C. The molecule has 72 valence electrons. The van der Waals surface area contributed by atoms with Crippen LogP contribution in [0.25, 0.3) is 0 Å². The Morgan fingerprint density at radius 1 is 0.917 bits per heavy atom. The molecular formula is C12H24. The first-order valence-corrected chi connectivity index (χ1v) is 5.65. The van der Waals surface area contributed by atoms with E-state index in [-0.39, 0.29) is 0 Å². The summed E-state index contributed by atoms with van der Waals surface area (Å²) >= 11 is 0. The van der Waals surface area contributed by atoms with Crippen LogP contribution in [0.2, 0.25) is 0 Å². The van der Waals surface area contributed by atoms with Crippen LogP contribution in [0.5, 0.6) is 0 Å². The monoisotopic (exact) mass is 168 g/mol. The van der Waals surface area contributed by atoms with Crippen LogP contribution < -0.4 is 0 Å². The lowest BCUT2D eigenvalue weighted by molar-refractivity contribution is 0.300. The third-order valence-electron chi connectivity index (χ3n) is 4.04. The predicted octanol–water partition coefficient (Wildman–Crippen LogP) is 4.10. The van der Waals surface area contributed by atoms with E-state index in [1.807, 2.05) is 0 Å². The summed E-state index contributed by atoms with van der Waals surface area (Å²) in [5.74, 6) is 3.90. The van der Waals surface area contributed by atoms with Crippen molar-refractivity contribution >= 4 is 0 Å². The first-order valence-electron chi connectivity index (χ1n) is 5.65. The standard InChI is InChI=1S/C12H24/c1-5-12-7-6-9(2)10(3)8-11(12)4/h9-12H,5-8H2,1-4H3. The molecule has 0 spiro atoms. The van der Waals surface area contributed by atoms with Crippen molar-refractivity contribution in [2.75, 3.05) is 0 Å². The van der Waals surface area contributed by atoms with Gasteiger partial charge < -0.3 is 0 Å². The second-order valence-corrected chi connectivity index (χ2v) is 4.91. The molecule has 1 aliphatic carbocycles. The van der Waals surface area contributed by atoms with Crippen molar-refractivity contribution in [1.82, 2.24) is 0 Å². The van der Waals surface area contributed by atoms with Gasteiger partial charge in [0.2, 0.25) is 0 Å². The van der Waals surface area contributed by atoms with Gasteiger partial charge in [-0.25, -0.2) is 0 Å². The van der Waals surface area contributed by atoms with Gasteiger partial charge in [0.15, 0.2) is 0 Å².